The Balaban J connectivity index is 1.29. The van der Waals surface area contributed by atoms with Gasteiger partial charge in [-0.25, -0.2) is 4.98 Å². The Morgan fingerprint density at radius 3 is 2.54 bits per heavy atom. The third-order valence-electron chi connectivity index (χ3n) is 5.63. The van der Waals surface area contributed by atoms with Crippen LogP contribution in [0.15, 0.2) is 42.7 Å². The highest BCUT2D eigenvalue weighted by molar-refractivity contribution is 14.1. The van der Waals surface area contributed by atoms with Crippen LogP contribution in [0.1, 0.15) is 12.8 Å². The van der Waals surface area contributed by atoms with Gasteiger partial charge in [0.25, 0.3) is 0 Å². The fourth-order valence-electron chi connectivity index (χ4n) is 3.85. The fraction of sp³-hybridized carbons (Fsp3) is 0.381. The molecule has 2 fully saturated rings. The number of fused-ring (bicyclic) bond motifs is 1. The van der Waals surface area contributed by atoms with Crippen molar-refractivity contribution in [2.75, 3.05) is 37.6 Å². The van der Waals surface area contributed by atoms with E-state index in [-0.39, 0.29) is 0 Å². The molecule has 2 aromatic heterocycles. The van der Waals surface area contributed by atoms with Crippen LogP contribution in [-0.2, 0) is 0 Å². The average Bonchev–Trinajstić information content (AvgIpc) is 3.43. The Kier molecular flexibility index (Phi) is 4.36. The smallest absolute Gasteiger partial charge is 0.138 e. The lowest BCUT2D eigenvalue weighted by Gasteiger charge is -2.36. The van der Waals surface area contributed by atoms with Gasteiger partial charge in [0.15, 0.2) is 0 Å². The Morgan fingerprint density at radius 2 is 1.81 bits per heavy atom. The number of rotatable bonds is 4. The molecule has 0 bridgehead atoms. The third-order valence-corrected chi connectivity index (χ3v) is 6.52. The van der Waals surface area contributed by atoms with E-state index in [1.807, 2.05) is 12.4 Å². The summed E-state index contributed by atoms with van der Waals surface area (Å²) in [4.78, 5) is 12.9. The molecule has 2 aliphatic rings. The molecular formula is C21H23IN4. The second-order valence-corrected chi connectivity index (χ2v) is 8.70. The molecule has 1 saturated heterocycles. The van der Waals surface area contributed by atoms with Crippen LogP contribution >= 0.6 is 22.6 Å². The highest BCUT2D eigenvalue weighted by Gasteiger charge is 2.26. The summed E-state index contributed by atoms with van der Waals surface area (Å²) in [7, 11) is 0. The molecule has 1 aromatic carbocycles. The summed E-state index contributed by atoms with van der Waals surface area (Å²) in [6.07, 6.45) is 6.86. The first-order valence-electron chi connectivity index (χ1n) is 9.47. The Hall–Kier alpha value is -1.60. The largest absolute Gasteiger partial charge is 0.369 e. The quantitative estimate of drug-likeness (QED) is 0.590. The number of aromatic amines is 1. The molecule has 1 saturated carbocycles. The molecule has 4 nitrogen and oxygen atoms in total. The van der Waals surface area contributed by atoms with Crippen molar-refractivity contribution in [3.05, 3.63) is 46.3 Å². The number of pyridine rings is 1. The molecule has 0 amide bonds. The van der Waals surface area contributed by atoms with Gasteiger partial charge in [0.2, 0.25) is 0 Å². The van der Waals surface area contributed by atoms with Gasteiger partial charge in [0.05, 0.1) is 0 Å². The highest BCUT2D eigenvalue weighted by atomic mass is 127. The monoisotopic (exact) mass is 458 g/mol. The second-order valence-electron chi connectivity index (χ2n) is 7.53. The summed E-state index contributed by atoms with van der Waals surface area (Å²) in [5.74, 6) is 0.995. The molecule has 5 heteroatoms. The van der Waals surface area contributed by atoms with Crippen LogP contribution in [0.5, 0.6) is 0 Å². The number of hydrogen-bond acceptors (Lipinski definition) is 3. The van der Waals surface area contributed by atoms with Crippen molar-refractivity contribution in [3.8, 4) is 11.1 Å². The minimum atomic E-state index is 0.957. The van der Waals surface area contributed by atoms with Crippen LogP contribution < -0.4 is 4.90 Å². The topological polar surface area (TPSA) is 35.2 Å². The molecule has 0 radical (unpaired) electrons. The first kappa shape index (κ1) is 16.6. The third kappa shape index (κ3) is 3.34. The lowest BCUT2D eigenvalue weighted by atomic mass is 10.1. The zero-order valence-electron chi connectivity index (χ0n) is 14.8. The molecule has 134 valence electrons. The van der Waals surface area contributed by atoms with Crippen molar-refractivity contribution in [2.45, 2.75) is 12.8 Å². The van der Waals surface area contributed by atoms with E-state index in [0.29, 0.717) is 0 Å². The number of halogens is 1. The van der Waals surface area contributed by atoms with Gasteiger partial charge in [-0.2, -0.15) is 0 Å². The van der Waals surface area contributed by atoms with Crippen molar-refractivity contribution in [1.82, 2.24) is 14.9 Å². The van der Waals surface area contributed by atoms with Gasteiger partial charge in [0, 0.05) is 65.3 Å². The van der Waals surface area contributed by atoms with Crippen LogP contribution in [0.25, 0.3) is 22.2 Å². The molecular weight excluding hydrogens is 435 g/mol. The number of aromatic nitrogens is 2. The number of nitrogens with one attached hydrogen (secondary N) is 1. The van der Waals surface area contributed by atoms with E-state index in [9.17, 15) is 0 Å². The normalized spacial score (nSPS) is 18.6. The van der Waals surface area contributed by atoms with Gasteiger partial charge in [0.1, 0.15) is 5.65 Å². The number of piperazine rings is 1. The van der Waals surface area contributed by atoms with Crippen molar-refractivity contribution in [3.63, 3.8) is 0 Å². The standard InChI is InChI=1S/C21H23IN4/c22-20-13-24-21-19(20)11-17(12-23-21)16-3-5-18(6-4-16)26-9-7-25(8-10-26)14-15-1-2-15/h3-6,11-13,15H,1-2,7-10,14H2,(H,23,24). The average molecular weight is 458 g/mol. The number of benzene rings is 1. The van der Waals surface area contributed by atoms with Gasteiger partial charge in [-0.3, -0.25) is 4.90 Å². The summed E-state index contributed by atoms with van der Waals surface area (Å²) >= 11 is 2.35. The van der Waals surface area contributed by atoms with E-state index in [0.717, 1.165) is 24.7 Å². The lowest BCUT2D eigenvalue weighted by Crippen LogP contribution is -2.47. The van der Waals surface area contributed by atoms with E-state index in [1.54, 1.807) is 0 Å². The maximum Gasteiger partial charge on any atom is 0.138 e. The molecule has 26 heavy (non-hydrogen) atoms. The maximum atomic E-state index is 4.55. The van der Waals surface area contributed by atoms with Crippen molar-refractivity contribution in [2.24, 2.45) is 5.92 Å². The van der Waals surface area contributed by atoms with Crippen molar-refractivity contribution >= 4 is 39.3 Å². The van der Waals surface area contributed by atoms with Crippen LogP contribution in [0.4, 0.5) is 5.69 Å². The van der Waals surface area contributed by atoms with Crippen molar-refractivity contribution in [1.29, 1.82) is 0 Å². The van der Waals surface area contributed by atoms with Gasteiger partial charge in [-0.15, -0.1) is 0 Å². The van der Waals surface area contributed by atoms with E-state index in [1.165, 1.54) is 58.2 Å². The second kappa shape index (κ2) is 6.85. The van der Waals surface area contributed by atoms with Gasteiger partial charge < -0.3 is 9.88 Å². The SMILES string of the molecule is Ic1c[nH]c2ncc(-c3ccc(N4CCN(CC5CC5)CC4)cc3)cc12. The van der Waals surface area contributed by atoms with E-state index in [4.69, 9.17) is 0 Å². The Bertz CT molecular complexity index is 905. The summed E-state index contributed by atoms with van der Waals surface area (Å²) in [5, 5.41) is 1.19. The van der Waals surface area contributed by atoms with Gasteiger partial charge >= 0.3 is 0 Å². The predicted octanol–water partition coefficient (Wildman–Crippen LogP) is 4.37. The van der Waals surface area contributed by atoms with Crippen molar-refractivity contribution < 1.29 is 0 Å². The molecule has 1 N–H and O–H groups in total. The molecule has 5 rings (SSSR count). The van der Waals surface area contributed by atoms with E-state index in [2.05, 4.69) is 72.7 Å². The molecule has 3 heterocycles. The highest BCUT2D eigenvalue weighted by Crippen LogP contribution is 2.31. The fourth-order valence-corrected chi connectivity index (χ4v) is 4.41. The molecule has 0 atom stereocenters. The van der Waals surface area contributed by atoms with Crippen LogP contribution in [0.3, 0.4) is 0 Å². The summed E-state index contributed by atoms with van der Waals surface area (Å²) in [6, 6.07) is 11.2. The molecule has 0 spiro atoms. The molecule has 1 aliphatic carbocycles. The maximum absolute atomic E-state index is 4.55. The predicted molar refractivity (Wildman–Crippen MR) is 116 cm³/mol. The van der Waals surface area contributed by atoms with Crippen LogP contribution in [0, 0.1) is 9.49 Å². The van der Waals surface area contributed by atoms with E-state index < -0.39 is 0 Å². The summed E-state index contributed by atoms with van der Waals surface area (Å²) < 4.78 is 1.22. The lowest BCUT2D eigenvalue weighted by molar-refractivity contribution is 0.248. The number of H-pyrrole nitrogens is 1. The number of nitrogens with zero attached hydrogens (tertiary/aromatic N) is 3. The van der Waals surface area contributed by atoms with E-state index >= 15 is 0 Å². The number of hydrogen-bond donors (Lipinski definition) is 1. The number of anilines is 1. The minimum Gasteiger partial charge on any atom is -0.369 e. The molecule has 3 aromatic rings. The first-order chi connectivity index (χ1) is 12.8. The molecule has 1 aliphatic heterocycles. The summed E-state index contributed by atoms with van der Waals surface area (Å²) in [6.45, 7) is 6.00. The van der Waals surface area contributed by atoms with Gasteiger partial charge in [-0.05, 0) is 65.1 Å². The van der Waals surface area contributed by atoms with Gasteiger partial charge in [-0.1, -0.05) is 12.1 Å². The molecule has 0 unspecified atom stereocenters. The van der Waals surface area contributed by atoms with Crippen LogP contribution in [-0.4, -0.2) is 47.6 Å². The minimum absolute atomic E-state index is 0.957. The zero-order chi connectivity index (χ0) is 17.5. The summed E-state index contributed by atoms with van der Waals surface area (Å²) in [5.41, 5.74) is 4.70. The Labute approximate surface area is 167 Å². The Morgan fingerprint density at radius 1 is 1.04 bits per heavy atom. The zero-order valence-corrected chi connectivity index (χ0v) is 16.9. The van der Waals surface area contributed by atoms with Crippen LogP contribution in [0.2, 0.25) is 0 Å². The first-order valence-corrected chi connectivity index (χ1v) is 10.5.